The minimum absolute atomic E-state index is 0.237. The lowest BCUT2D eigenvalue weighted by atomic mass is 10.2. The first kappa shape index (κ1) is 15.9. The Morgan fingerprint density at radius 2 is 2.05 bits per heavy atom. The number of aromatic nitrogens is 1. The normalized spacial score (nSPS) is 17.9. The van der Waals surface area contributed by atoms with Crippen molar-refractivity contribution < 1.29 is 5.11 Å². The van der Waals surface area contributed by atoms with E-state index in [1.54, 1.807) is 5.41 Å². The van der Waals surface area contributed by atoms with E-state index >= 15 is 0 Å². The number of thiol groups is 1. The van der Waals surface area contributed by atoms with Gasteiger partial charge in [-0.25, -0.2) is 0 Å². The smallest absolute Gasteiger partial charge is 0.223 e. The summed E-state index contributed by atoms with van der Waals surface area (Å²) in [6.45, 7) is 9.18. The second-order valence-electron chi connectivity index (χ2n) is 5.17. The number of hydrogen-bond acceptors (Lipinski definition) is 5. The van der Waals surface area contributed by atoms with E-state index in [1.165, 1.54) is 12.3 Å². The van der Waals surface area contributed by atoms with Crippen molar-refractivity contribution >= 4 is 12.6 Å². The molecule has 0 atom stereocenters. The van der Waals surface area contributed by atoms with Crippen LogP contribution in [0.3, 0.4) is 0 Å². The van der Waals surface area contributed by atoms with Crippen molar-refractivity contribution in [2.75, 3.05) is 32.7 Å². The van der Waals surface area contributed by atoms with Gasteiger partial charge in [0.25, 0.3) is 0 Å². The molecular formula is C15H21N3O2S. The molecule has 1 aromatic rings. The quantitative estimate of drug-likeness (QED) is 0.565. The van der Waals surface area contributed by atoms with E-state index in [4.69, 9.17) is 0 Å². The monoisotopic (exact) mass is 307 g/mol. The molecule has 0 unspecified atom stereocenters. The Kier molecular flexibility index (Phi) is 5.67. The van der Waals surface area contributed by atoms with E-state index in [-0.39, 0.29) is 11.2 Å². The molecule has 1 aromatic heterocycles. The van der Waals surface area contributed by atoms with Crippen LogP contribution < -0.4 is 5.43 Å². The lowest BCUT2D eigenvalue weighted by Crippen LogP contribution is -2.46. The molecule has 0 bridgehead atoms. The Balaban J connectivity index is 1.85. The molecule has 0 amide bonds. The van der Waals surface area contributed by atoms with Gasteiger partial charge in [0.05, 0.1) is 0 Å². The molecule has 0 aromatic carbocycles. The van der Waals surface area contributed by atoms with Gasteiger partial charge >= 0.3 is 0 Å². The number of aromatic amines is 1. The second-order valence-corrected chi connectivity index (χ2v) is 5.43. The minimum atomic E-state index is -0.336. The molecule has 114 valence electrons. The van der Waals surface area contributed by atoms with Gasteiger partial charge in [-0.2, -0.15) is 12.6 Å². The summed E-state index contributed by atoms with van der Waals surface area (Å²) in [5.41, 5.74) is 1.61. The van der Waals surface area contributed by atoms with Crippen molar-refractivity contribution in [2.45, 2.75) is 6.54 Å². The zero-order valence-corrected chi connectivity index (χ0v) is 12.9. The number of piperazine rings is 1. The maximum atomic E-state index is 11.4. The molecule has 0 spiro atoms. The molecule has 0 aliphatic carbocycles. The average molecular weight is 307 g/mol. The van der Waals surface area contributed by atoms with Crippen LogP contribution in [0.2, 0.25) is 0 Å². The van der Waals surface area contributed by atoms with Crippen LogP contribution in [-0.4, -0.2) is 52.6 Å². The highest BCUT2D eigenvalue weighted by molar-refractivity contribution is 7.83. The van der Waals surface area contributed by atoms with Gasteiger partial charge in [0.15, 0.2) is 5.75 Å². The van der Waals surface area contributed by atoms with E-state index < -0.39 is 0 Å². The van der Waals surface area contributed by atoms with E-state index in [0.29, 0.717) is 6.54 Å². The molecule has 2 N–H and O–H groups in total. The first-order valence-corrected chi connectivity index (χ1v) is 7.45. The maximum Gasteiger partial charge on any atom is 0.223 e. The van der Waals surface area contributed by atoms with E-state index in [2.05, 4.69) is 34.0 Å². The molecule has 1 aliphatic heterocycles. The molecule has 5 nitrogen and oxygen atoms in total. The first-order chi connectivity index (χ1) is 10.1. The van der Waals surface area contributed by atoms with Crippen LogP contribution in [0.15, 0.2) is 40.7 Å². The molecule has 2 rings (SSSR count). The summed E-state index contributed by atoms with van der Waals surface area (Å²) in [6, 6.07) is 1.46. The molecule has 0 radical (unpaired) electrons. The number of nitrogens with zero attached hydrogens (tertiary/aromatic N) is 2. The first-order valence-electron chi connectivity index (χ1n) is 6.93. The zero-order valence-electron chi connectivity index (χ0n) is 12.0. The molecule has 1 aliphatic rings. The van der Waals surface area contributed by atoms with Gasteiger partial charge in [-0.05, 0) is 11.0 Å². The Bertz CT molecular complexity index is 575. The van der Waals surface area contributed by atoms with Gasteiger partial charge in [0.1, 0.15) is 0 Å². The van der Waals surface area contributed by atoms with Gasteiger partial charge in [0, 0.05) is 57.2 Å². The zero-order chi connectivity index (χ0) is 15.2. The van der Waals surface area contributed by atoms with Crippen LogP contribution in [0, 0.1) is 0 Å². The second kappa shape index (κ2) is 7.49. The fourth-order valence-corrected chi connectivity index (χ4v) is 2.55. The predicted octanol–water partition coefficient (Wildman–Crippen LogP) is 1.20. The third kappa shape index (κ3) is 4.49. The summed E-state index contributed by atoms with van der Waals surface area (Å²) in [5.74, 6) is -0.237. The number of H-pyrrole nitrogens is 1. The highest BCUT2D eigenvalue weighted by Gasteiger charge is 2.17. The topological polar surface area (TPSA) is 59.6 Å². The Morgan fingerprint density at radius 1 is 1.38 bits per heavy atom. The maximum absolute atomic E-state index is 11.4. The number of nitrogens with one attached hydrogen (secondary N) is 1. The molecule has 0 saturated carbocycles. The average Bonchev–Trinajstić information content (AvgIpc) is 2.50. The molecule has 21 heavy (non-hydrogen) atoms. The van der Waals surface area contributed by atoms with E-state index in [1.807, 2.05) is 6.08 Å². The lowest BCUT2D eigenvalue weighted by molar-refractivity contribution is 0.134. The molecule has 2 heterocycles. The Labute approximate surface area is 130 Å². The van der Waals surface area contributed by atoms with Gasteiger partial charge in [0.2, 0.25) is 5.43 Å². The molecule has 1 saturated heterocycles. The van der Waals surface area contributed by atoms with E-state index in [0.717, 1.165) is 44.0 Å². The van der Waals surface area contributed by atoms with Crippen molar-refractivity contribution in [3.05, 3.63) is 51.8 Å². The van der Waals surface area contributed by atoms with Crippen LogP contribution in [0.1, 0.15) is 5.69 Å². The minimum Gasteiger partial charge on any atom is -0.503 e. The van der Waals surface area contributed by atoms with Crippen LogP contribution in [0.4, 0.5) is 0 Å². The van der Waals surface area contributed by atoms with Gasteiger partial charge in [-0.3, -0.25) is 14.6 Å². The fourth-order valence-electron chi connectivity index (χ4n) is 2.36. The van der Waals surface area contributed by atoms with Crippen LogP contribution in [0.25, 0.3) is 0 Å². The third-order valence-corrected chi connectivity index (χ3v) is 3.98. The van der Waals surface area contributed by atoms with Crippen molar-refractivity contribution in [1.29, 1.82) is 0 Å². The van der Waals surface area contributed by atoms with Gasteiger partial charge in [-0.15, -0.1) is 0 Å². The SMILES string of the molecule is C=C/C(=C\S)CN1CCN(Cc2cc(=O)c(O)c[nH]2)CC1. The van der Waals surface area contributed by atoms with Crippen molar-refractivity contribution in [3.63, 3.8) is 0 Å². The third-order valence-electron chi connectivity index (χ3n) is 3.65. The largest absolute Gasteiger partial charge is 0.503 e. The van der Waals surface area contributed by atoms with Crippen molar-refractivity contribution in [1.82, 2.24) is 14.8 Å². The van der Waals surface area contributed by atoms with Gasteiger partial charge < -0.3 is 10.1 Å². The standard InChI is InChI=1S/C15H21N3O2S/c1-2-12(11-21)9-17-3-5-18(6-4-17)10-13-7-14(19)15(20)8-16-13/h2,7-8,11,20-21H,1,3-6,9-10H2,(H,16,19)/b12-11+. The highest BCUT2D eigenvalue weighted by Crippen LogP contribution is 2.09. The van der Waals surface area contributed by atoms with Crippen LogP contribution in [-0.2, 0) is 6.54 Å². The lowest BCUT2D eigenvalue weighted by Gasteiger charge is -2.34. The number of pyridine rings is 1. The predicted molar refractivity (Wildman–Crippen MR) is 87.7 cm³/mol. The number of rotatable bonds is 5. The van der Waals surface area contributed by atoms with Crippen molar-refractivity contribution in [2.24, 2.45) is 0 Å². The van der Waals surface area contributed by atoms with Crippen LogP contribution >= 0.6 is 12.6 Å². The Morgan fingerprint density at radius 3 is 2.62 bits per heavy atom. The summed E-state index contributed by atoms with van der Waals surface area (Å²) >= 11 is 4.17. The summed E-state index contributed by atoms with van der Waals surface area (Å²) in [4.78, 5) is 19.0. The molecule has 6 heteroatoms. The van der Waals surface area contributed by atoms with Gasteiger partial charge in [-0.1, -0.05) is 12.7 Å². The summed E-state index contributed by atoms with van der Waals surface area (Å²) in [5, 5.41) is 11.0. The molecular weight excluding hydrogens is 286 g/mol. The van der Waals surface area contributed by atoms with Crippen LogP contribution in [0.5, 0.6) is 5.75 Å². The summed E-state index contributed by atoms with van der Waals surface area (Å²) in [6.07, 6.45) is 3.18. The van der Waals surface area contributed by atoms with Crippen molar-refractivity contribution in [3.8, 4) is 5.75 Å². The van der Waals surface area contributed by atoms with E-state index in [9.17, 15) is 9.90 Å². The fraction of sp³-hybridized carbons (Fsp3) is 0.400. The number of aromatic hydroxyl groups is 1. The summed E-state index contributed by atoms with van der Waals surface area (Å²) in [7, 11) is 0. The molecule has 1 fully saturated rings. The number of hydrogen-bond donors (Lipinski definition) is 3. The summed E-state index contributed by atoms with van der Waals surface area (Å²) < 4.78 is 0. The Hall–Kier alpha value is -1.50. The highest BCUT2D eigenvalue weighted by atomic mass is 32.1.